The predicted octanol–water partition coefficient (Wildman–Crippen LogP) is 6.28. The van der Waals surface area contributed by atoms with Gasteiger partial charge in [-0.05, 0) is 65.3 Å². The molecule has 9 nitrogen and oxygen atoms in total. The van der Waals surface area contributed by atoms with Crippen LogP contribution in [0.2, 0.25) is 5.02 Å². The van der Waals surface area contributed by atoms with Gasteiger partial charge in [0.2, 0.25) is 11.8 Å². The van der Waals surface area contributed by atoms with E-state index >= 15 is 0 Å². The SMILES string of the molecule is CC[C@H](C)[C@H](NC(=O)[C@@H](C[C@H](O)[C@@H](N)COCc1ccc(-c2ccc(F)cc2)c(OCCCOC)c1)C(C)C)C(=O)NCc1ccc(Cl)cc1. The van der Waals surface area contributed by atoms with Crippen molar-refractivity contribution >= 4 is 23.4 Å². The van der Waals surface area contributed by atoms with Crippen LogP contribution in [0, 0.1) is 23.6 Å². The maximum absolute atomic E-state index is 13.6. The normalized spacial score (nSPS) is 14.4. The molecule has 274 valence electrons. The van der Waals surface area contributed by atoms with Crippen LogP contribution in [0.15, 0.2) is 66.7 Å². The first-order valence-corrected chi connectivity index (χ1v) is 17.7. The lowest BCUT2D eigenvalue weighted by atomic mass is 9.86. The van der Waals surface area contributed by atoms with Crippen LogP contribution in [0.3, 0.4) is 0 Å². The number of carbonyl (C=O) groups is 2. The van der Waals surface area contributed by atoms with Gasteiger partial charge in [0, 0.05) is 43.2 Å². The van der Waals surface area contributed by atoms with E-state index in [0.29, 0.717) is 43.4 Å². The summed E-state index contributed by atoms with van der Waals surface area (Å²) < 4.78 is 30.6. The molecule has 0 aliphatic heterocycles. The number of ether oxygens (including phenoxy) is 3. The molecule has 5 atom stereocenters. The molecule has 3 rings (SSSR count). The Balaban J connectivity index is 1.58. The van der Waals surface area contributed by atoms with E-state index in [1.54, 1.807) is 31.4 Å². The summed E-state index contributed by atoms with van der Waals surface area (Å²) in [6.45, 7) is 9.29. The van der Waals surface area contributed by atoms with Crippen LogP contribution in [-0.4, -0.2) is 62.0 Å². The van der Waals surface area contributed by atoms with Crippen molar-refractivity contribution in [3.05, 3.63) is 88.7 Å². The van der Waals surface area contributed by atoms with Gasteiger partial charge in [0.25, 0.3) is 0 Å². The number of aliphatic hydroxyl groups excluding tert-OH is 1. The van der Waals surface area contributed by atoms with Crippen molar-refractivity contribution in [3.8, 4) is 16.9 Å². The van der Waals surface area contributed by atoms with Crippen LogP contribution in [0.25, 0.3) is 11.1 Å². The highest BCUT2D eigenvalue weighted by Gasteiger charge is 2.32. The zero-order chi connectivity index (χ0) is 36.6. The molecule has 0 radical (unpaired) electrons. The molecule has 0 spiro atoms. The summed E-state index contributed by atoms with van der Waals surface area (Å²) in [5.41, 5.74) is 9.72. The molecule has 0 fully saturated rings. The number of benzene rings is 3. The Morgan fingerprint density at radius 3 is 2.28 bits per heavy atom. The van der Waals surface area contributed by atoms with Crippen molar-refractivity contribution in [1.29, 1.82) is 0 Å². The fourth-order valence-electron chi connectivity index (χ4n) is 5.43. The first-order valence-electron chi connectivity index (χ1n) is 17.3. The third kappa shape index (κ3) is 13.0. The van der Waals surface area contributed by atoms with Crippen LogP contribution < -0.4 is 21.1 Å². The van der Waals surface area contributed by atoms with E-state index in [1.807, 2.05) is 58.0 Å². The molecule has 0 aliphatic rings. The first kappa shape index (κ1) is 40.9. The molecule has 3 aromatic carbocycles. The van der Waals surface area contributed by atoms with Gasteiger partial charge in [-0.2, -0.15) is 0 Å². The quantitative estimate of drug-likeness (QED) is 0.0957. The maximum Gasteiger partial charge on any atom is 0.243 e. The second kappa shape index (κ2) is 21.0. The van der Waals surface area contributed by atoms with Gasteiger partial charge >= 0.3 is 0 Å². The highest BCUT2D eigenvalue weighted by Crippen LogP contribution is 2.32. The zero-order valence-electron chi connectivity index (χ0n) is 29.8. The summed E-state index contributed by atoms with van der Waals surface area (Å²) in [6.07, 6.45) is 0.485. The Bertz CT molecular complexity index is 1470. The number of nitrogens with one attached hydrogen (secondary N) is 2. The molecule has 0 bridgehead atoms. The minimum Gasteiger partial charge on any atom is -0.493 e. The lowest BCUT2D eigenvalue weighted by Gasteiger charge is -2.29. The van der Waals surface area contributed by atoms with Gasteiger partial charge in [-0.15, -0.1) is 0 Å². The van der Waals surface area contributed by atoms with E-state index in [2.05, 4.69) is 10.6 Å². The number of carbonyl (C=O) groups excluding carboxylic acids is 2. The highest BCUT2D eigenvalue weighted by atomic mass is 35.5. The Hall–Kier alpha value is -3.54. The number of halogens is 2. The topological polar surface area (TPSA) is 132 Å². The van der Waals surface area contributed by atoms with Gasteiger partial charge in [-0.25, -0.2) is 4.39 Å². The summed E-state index contributed by atoms with van der Waals surface area (Å²) in [4.78, 5) is 26.8. The number of aliphatic hydroxyl groups is 1. The van der Waals surface area contributed by atoms with Gasteiger partial charge in [-0.3, -0.25) is 9.59 Å². The van der Waals surface area contributed by atoms with Crippen molar-refractivity contribution < 1.29 is 33.3 Å². The van der Waals surface area contributed by atoms with E-state index in [4.69, 9.17) is 31.5 Å². The summed E-state index contributed by atoms with van der Waals surface area (Å²) in [5.74, 6) is -1.07. The molecule has 5 N–H and O–H groups in total. The van der Waals surface area contributed by atoms with E-state index < -0.39 is 24.1 Å². The monoisotopic (exact) mass is 713 g/mol. The molecular weight excluding hydrogens is 661 g/mol. The van der Waals surface area contributed by atoms with Gasteiger partial charge in [0.1, 0.15) is 17.6 Å². The molecule has 11 heteroatoms. The molecular formula is C39H53ClFN3O6. The molecule has 0 unspecified atom stereocenters. The first-order chi connectivity index (χ1) is 23.9. The minimum absolute atomic E-state index is 0.0555. The van der Waals surface area contributed by atoms with Crippen LogP contribution in [-0.2, 0) is 32.2 Å². The summed E-state index contributed by atoms with van der Waals surface area (Å²) in [5, 5.41) is 17.5. The number of methoxy groups -OCH3 is 1. The number of rotatable bonds is 21. The fourth-order valence-corrected chi connectivity index (χ4v) is 5.56. The van der Waals surface area contributed by atoms with Crippen molar-refractivity contribution in [2.24, 2.45) is 23.5 Å². The van der Waals surface area contributed by atoms with Gasteiger partial charge in [0.05, 0.1) is 32.0 Å². The minimum atomic E-state index is -1.02. The zero-order valence-corrected chi connectivity index (χ0v) is 30.5. The average Bonchev–Trinajstić information content (AvgIpc) is 3.10. The molecule has 2 amide bonds. The molecule has 0 saturated heterocycles. The van der Waals surface area contributed by atoms with Gasteiger partial charge in [0.15, 0.2) is 0 Å². The molecule has 0 saturated carbocycles. The van der Waals surface area contributed by atoms with E-state index in [9.17, 15) is 19.1 Å². The Labute approximate surface area is 301 Å². The molecule has 0 aliphatic carbocycles. The second-order valence-corrected chi connectivity index (χ2v) is 13.5. The number of hydrogen-bond acceptors (Lipinski definition) is 7. The lowest BCUT2D eigenvalue weighted by molar-refractivity contribution is -0.134. The largest absolute Gasteiger partial charge is 0.493 e. The third-order valence-electron chi connectivity index (χ3n) is 8.84. The Kier molecular flexibility index (Phi) is 17.1. The Morgan fingerprint density at radius 2 is 1.64 bits per heavy atom. The third-order valence-corrected chi connectivity index (χ3v) is 9.09. The summed E-state index contributed by atoms with van der Waals surface area (Å²) in [6, 6.07) is 17.6. The fraction of sp³-hybridized carbons (Fsp3) is 0.487. The predicted molar refractivity (Wildman–Crippen MR) is 195 cm³/mol. The molecule has 3 aromatic rings. The van der Waals surface area contributed by atoms with Crippen molar-refractivity contribution in [2.45, 2.75) is 78.3 Å². The van der Waals surface area contributed by atoms with Crippen LogP contribution in [0.4, 0.5) is 4.39 Å². The lowest BCUT2D eigenvalue weighted by Crippen LogP contribution is -2.52. The molecule has 0 heterocycles. The van der Waals surface area contributed by atoms with Crippen molar-refractivity contribution in [1.82, 2.24) is 10.6 Å². The average molecular weight is 714 g/mol. The van der Waals surface area contributed by atoms with Crippen LogP contribution in [0.5, 0.6) is 5.75 Å². The van der Waals surface area contributed by atoms with Crippen molar-refractivity contribution in [2.75, 3.05) is 26.9 Å². The standard InChI is InChI=1S/C39H53ClFN3O6/c1-6-26(4)37(39(47)43-22-27-8-13-30(40)14-9-27)44-38(46)33(25(2)3)21-35(45)34(42)24-49-23-28-10-17-32(29-11-15-31(41)16-12-29)36(20-28)50-19-7-18-48-5/h8-17,20,25-26,33-35,37,45H,6-7,18-19,21-24,42H2,1-5H3,(H,43,47)(H,44,46)/t26-,33-,34-,35-,37-/m0/s1. The van der Waals surface area contributed by atoms with E-state index in [-0.39, 0.29) is 49.1 Å². The van der Waals surface area contributed by atoms with Crippen molar-refractivity contribution in [3.63, 3.8) is 0 Å². The Morgan fingerprint density at radius 1 is 0.960 bits per heavy atom. The van der Waals surface area contributed by atoms with Crippen LogP contribution in [0.1, 0.15) is 58.1 Å². The maximum atomic E-state index is 13.6. The highest BCUT2D eigenvalue weighted by molar-refractivity contribution is 6.30. The second-order valence-electron chi connectivity index (χ2n) is 13.1. The number of nitrogens with two attached hydrogens (primary N) is 1. The number of hydrogen-bond donors (Lipinski definition) is 4. The van der Waals surface area contributed by atoms with E-state index in [1.165, 1.54) is 12.1 Å². The number of amides is 2. The molecule has 50 heavy (non-hydrogen) atoms. The summed E-state index contributed by atoms with van der Waals surface area (Å²) in [7, 11) is 1.64. The molecule has 0 aromatic heterocycles. The van der Waals surface area contributed by atoms with Crippen LogP contribution >= 0.6 is 11.6 Å². The smallest absolute Gasteiger partial charge is 0.243 e. The van der Waals surface area contributed by atoms with Gasteiger partial charge in [-0.1, -0.05) is 82.1 Å². The van der Waals surface area contributed by atoms with E-state index in [0.717, 1.165) is 22.3 Å². The summed E-state index contributed by atoms with van der Waals surface area (Å²) >= 11 is 5.97. The van der Waals surface area contributed by atoms with Gasteiger partial charge < -0.3 is 35.7 Å².